The average molecular weight is 280 g/mol. The van der Waals surface area contributed by atoms with Crippen LogP contribution in [0, 0.1) is 0 Å². The van der Waals surface area contributed by atoms with E-state index in [-0.39, 0.29) is 25.4 Å². The molecular weight excluding hydrogens is 256 g/mol. The van der Waals surface area contributed by atoms with Crippen LogP contribution < -0.4 is 0 Å². The van der Waals surface area contributed by atoms with Gasteiger partial charge in [0.2, 0.25) is 0 Å². The molecule has 0 saturated heterocycles. The Morgan fingerprint density at radius 2 is 1.80 bits per heavy atom. The molecule has 1 aliphatic carbocycles. The predicted octanol–water partition coefficient (Wildman–Crippen LogP) is 1.88. The molecule has 4 heteroatoms. The van der Waals surface area contributed by atoms with Crippen LogP contribution in [0.25, 0.3) is 0 Å². The van der Waals surface area contributed by atoms with E-state index < -0.39 is 6.10 Å². The maximum absolute atomic E-state index is 9.30. The molecular formula is C16H24O4. The first-order valence-electron chi connectivity index (χ1n) is 7.34. The van der Waals surface area contributed by atoms with Crippen molar-refractivity contribution < 1.29 is 19.7 Å². The number of hydrogen-bond acceptors (Lipinski definition) is 4. The number of hydrogen-bond donors (Lipinski definition) is 2. The van der Waals surface area contributed by atoms with Crippen LogP contribution in [0.15, 0.2) is 30.3 Å². The van der Waals surface area contributed by atoms with E-state index in [1.165, 1.54) is 5.56 Å². The van der Waals surface area contributed by atoms with Crippen LogP contribution in [0.5, 0.6) is 0 Å². The molecule has 1 aromatic rings. The Morgan fingerprint density at radius 3 is 2.50 bits per heavy atom. The molecule has 0 heterocycles. The van der Waals surface area contributed by atoms with Crippen LogP contribution in [0.2, 0.25) is 0 Å². The zero-order valence-electron chi connectivity index (χ0n) is 11.8. The summed E-state index contributed by atoms with van der Waals surface area (Å²) >= 11 is 0. The Labute approximate surface area is 120 Å². The van der Waals surface area contributed by atoms with Gasteiger partial charge in [0.25, 0.3) is 0 Å². The van der Waals surface area contributed by atoms with Crippen LogP contribution in [0.4, 0.5) is 0 Å². The molecule has 0 spiro atoms. The smallest absolute Gasteiger partial charge is 0.100 e. The molecule has 0 aliphatic heterocycles. The fourth-order valence-electron chi connectivity index (χ4n) is 2.49. The quantitative estimate of drug-likeness (QED) is 0.800. The summed E-state index contributed by atoms with van der Waals surface area (Å²) in [5, 5.41) is 18.1. The van der Waals surface area contributed by atoms with Crippen LogP contribution in [-0.4, -0.2) is 41.7 Å². The lowest BCUT2D eigenvalue weighted by atomic mass is 9.95. The minimum absolute atomic E-state index is 0.130. The third-order valence-electron chi connectivity index (χ3n) is 3.64. The van der Waals surface area contributed by atoms with Gasteiger partial charge in [0, 0.05) is 0 Å². The zero-order chi connectivity index (χ0) is 14.2. The molecule has 112 valence electrons. The van der Waals surface area contributed by atoms with E-state index in [4.69, 9.17) is 14.6 Å². The number of rotatable bonds is 7. The second-order valence-corrected chi connectivity index (χ2v) is 5.38. The molecule has 2 N–H and O–H groups in total. The standard InChI is InChI=1S/C16H24O4/c17-10-14(18)12-20-16-8-4-7-15(9-16)19-11-13-5-2-1-3-6-13/h1-3,5-6,14-18H,4,7-12H2/t14?,15-,16+/m0/s1. The van der Waals surface area contributed by atoms with E-state index in [1.54, 1.807) is 0 Å². The Kier molecular flexibility index (Phi) is 6.47. The third-order valence-corrected chi connectivity index (χ3v) is 3.64. The Bertz CT molecular complexity index is 368. The highest BCUT2D eigenvalue weighted by atomic mass is 16.5. The number of benzene rings is 1. The largest absolute Gasteiger partial charge is 0.394 e. The highest BCUT2D eigenvalue weighted by molar-refractivity contribution is 5.13. The van der Waals surface area contributed by atoms with Crippen molar-refractivity contribution in [2.24, 2.45) is 0 Å². The predicted molar refractivity (Wildman–Crippen MR) is 76.3 cm³/mol. The summed E-state index contributed by atoms with van der Waals surface area (Å²) < 4.78 is 11.6. The summed E-state index contributed by atoms with van der Waals surface area (Å²) in [6.45, 7) is 0.588. The normalized spacial score (nSPS) is 24.5. The van der Waals surface area contributed by atoms with Crippen LogP contribution in [0.1, 0.15) is 31.2 Å². The minimum Gasteiger partial charge on any atom is -0.394 e. The van der Waals surface area contributed by atoms with E-state index in [2.05, 4.69) is 12.1 Å². The first kappa shape index (κ1) is 15.4. The summed E-state index contributed by atoms with van der Waals surface area (Å²) in [4.78, 5) is 0. The monoisotopic (exact) mass is 280 g/mol. The SMILES string of the molecule is OCC(O)CO[C@@H]1CCC[C@H](OCc2ccccc2)C1. The van der Waals surface area contributed by atoms with Gasteiger partial charge in [-0.15, -0.1) is 0 Å². The Morgan fingerprint density at radius 1 is 1.10 bits per heavy atom. The lowest BCUT2D eigenvalue weighted by Gasteiger charge is -2.29. The van der Waals surface area contributed by atoms with Gasteiger partial charge in [-0.2, -0.15) is 0 Å². The average Bonchev–Trinajstić information content (AvgIpc) is 2.52. The van der Waals surface area contributed by atoms with Gasteiger partial charge in [-0.25, -0.2) is 0 Å². The van der Waals surface area contributed by atoms with Crippen molar-refractivity contribution in [3.05, 3.63) is 35.9 Å². The maximum atomic E-state index is 9.30. The van der Waals surface area contributed by atoms with Gasteiger partial charge in [0.05, 0.1) is 32.0 Å². The van der Waals surface area contributed by atoms with E-state index in [0.717, 1.165) is 25.7 Å². The molecule has 0 radical (unpaired) electrons. The lowest BCUT2D eigenvalue weighted by molar-refractivity contribution is -0.0759. The van der Waals surface area contributed by atoms with E-state index in [9.17, 15) is 5.11 Å². The van der Waals surface area contributed by atoms with Gasteiger partial charge in [-0.05, 0) is 31.2 Å². The van der Waals surface area contributed by atoms with Gasteiger partial charge in [-0.3, -0.25) is 0 Å². The molecule has 1 aliphatic rings. The molecule has 3 atom stereocenters. The second kappa shape index (κ2) is 8.37. The summed E-state index contributed by atoms with van der Waals surface area (Å²) in [6.07, 6.45) is 3.59. The molecule has 1 unspecified atom stereocenters. The van der Waals surface area contributed by atoms with Gasteiger partial charge < -0.3 is 19.7 Å². The second-order valence-electron chi connectivity index (χ2n) is 5.38. The van der Waals surface area contributed by atoms with E-state index in [1.807, 2.05) is 18.2 Å². The maximum Gasteiger partial charge on any atom is 0.100 e. The fraction of sp³-hybridized carbons (Fsp3) is 0.625. The third kappa shape index (κ3) is 5.21. The first-order chi connectivity index (χ1) is 9.78. The molecule has 2 rings (SSSR count). The molecule has 0 aromatic heterocycles. The summed E-state index contributed by atoms with van der Waals surface area (Å²) in [6, 6.07) is 10.2. The minimum atomic E-state index is -0.777. The highest BCUT2D eigenvalue weighted by Crippen LogP contribution is 2.24. The van der Waals surface area contributed by atoms with E-state index >= 15 is 0 Å². The Balaban J connectivity index is 1.70. The Hall–Kier alpha value is -0.940. The molecule has 1 fully saturated rings. The topological polar surface area (TPSA) is 58.9 Å². The molecule has 20 heavy (non-hydrogen) atoms. The van der Waals surface area contributed by atoms with Crippen molar-refractivity contribution in [3.63, 3.8) is 0 Å². The van der Waals surface area contributed by atoms with Crippen LogP contribution in [0.3, 0.4) is 0 Å². The summed E-state index contributed by atoms with van der Waals surface area (Å²) in [5.41, 5.74) is 1.19. The molecule has 4 nitrogen and oxygen atoms in total. The molecule has 0 amide bonds. The summed E-state index contributed by atoms with van der Waals surface area (Å²) in [5.74, 6) is 0. The lowest BCUT2D eigenvalue weighted by Crippen LogP contribution is -2.31. The van der Waals surface area contributed by atoms with Gasteiger partial charge in [-0.1, -0.05) is 30.3 Å². The molecule has 1 saturated carbocycles. The van der Waals surface area contributed by atoms with Crippen LogP contribution >= 0.6 is 0 Å². The van der Waals surface area contributed by atoms with Gasteiger partial charge in [0.1, 0.15) is 6.10 Å². The number of aliphatic hydroxyl groups is 2. The van der Waals surface area contributed by atoms with Crippen molar-refractivity contribution in [3.8, 4) is 0 Å². The molecule has 1 aromatic carbocycles. The van der Waals surface area contributed by atoms with Gasteiger partial charge in [0.15, 0.2) is 0 Å². The van der Waals surface area contributed by atoms with Crippen molar-refractivity contribution in [2.45, 2.75) is 50.6 Å². The fourth-order valence-corrected chi connectivity index (χ4v) is 2.49. The highest BCUT2D eigenvalue weighted by Gasteiger charge is 2.23. The van der Waals surface area contributed by atoms with Crippen molar-refractivity contribution >= 4 is 0 Å². The molecule has 0 bridgehead atoms. The first-order valence-corrected chi connectivity index (χ1v) is 7.34. The van der Waals surface area contributed by atoms with Crippen molar-refractivity contribution in [1.82, 2.24) is 0 Å². The van der Waals surface area contributed by atoms with Crippen molar-refractivity contribution in [2.75, 3.05) is 13.2 Å². The summed E-state index contributed by atoms with van der Waals surface area (Å²) in [7, 11) is 0. The van der Waals surface area contributed by atoms with Gasteiger partial charge >= 0.3 is 0 Å². The number of aliphatic hydroxyl groups excluding tert-OH is 2. The van der Waals surface area contributed by atoms with Crippen LogP contribution in [-0.2, 0) is 16.1 Å². The van der Waals surface area contributed by atoms with Crippen molar-refractivity contribution in [1.29, 1.82) is 0 Å². The zero-order valence-corrected chi connectivity index (χ0v) is 11.8. The van der Waals surface area contributed by atoms with E-state index in [0.29, 0.717) is 6.61 Å². The number of ether oxygens (including phenoxy) is 2.